The predicted molar refractivity (Wildman–Crippen MR) is 67.8 cm³/mol. The molecule has 0 atom stereocenters. The summed E-state index contributed by atoms with van der Waals surface area (Å²) in [6.45, 7) is 6.16. The van der Waals surface area contributed by atoms with E-state index in [0.29, 0.717) is 5.69 Å². The number of para-hydroxylation sites is 1. The van der Waals surface area contributed by atoms with Gasteiger partial charge in [0.15, 0.2) is 0 Å². The maximum Gasteiger partial charge on any atom is 0.313 e. The lowest BCUT2D eigenvalue weighted by atomic mass is 9.86. The quantitative estimate of drug-likeness (QED) is 0.726. The van der Waals surface area contributed by atoms with Crippen LogP contribution in [0.2, 0.25) is 0 Å². The largest absolute Gasteiger partial charge is 0.351 e. The maximum absolute atomic E-state index is 11.5. The fourth-order valence-electron chi connectivity index (χ4n) is 1.54. The van der Waals surface area contributed by atoms with Crippen LogP contribution in [0.4, 0.5) is 5.69 Å². The number of carbonyl (C=O) groups is 2. The van der Waals surface area contributed by atoms with Crippen LogP contribution in [0, 0.1) is 0 Å². The molecule has 1 aromatic carbocycles. The molecule has 1 rings (SSSR count). The second-order valence-electron chi connectivity index (χ2n) is 4.83. The fourth-order valence-corrected chi connectivity index (χ4v) is 1.54. The van der Waals surface area contributed by atoms with E-state index in [-0.39, 0.29) is 5.41 Å². The zero-order chi connectivity index (χ0) is 13.1. The van der Waals surface area contributed by atoms with Crippen molar-refractivity contribution in [3.63, 3.8) is 0 Å². The Hall–Kier alpha value is -1.84. The average Bonchev–Trinajstić information content (AvgIpc) is 2.27. The van der Waals surface area contributed by atoms with Crippen molar-refractivity contribution in [2.24, 2.45) is 0 Å². The maximum atomic E-state index is 11.5. The number of carbonyl (C=O) groups excluding carboxylic acids is 2. The molecule has 0 spiro atoms. The minimum atomic E-state index is -0.649. The Morgan fingerprint density at radius 1 is 1.06 bits per heavy atom. The molecular weight excluding hydrogens is 216 g/mol. The topological polar surface area (TPSA) is 58.2 Å². The standard InChI is InChI=1S/C13H18N2O2/c1-13(2,3)9-7-5-6-8-10(9)15-12(17)11(16)14-4/h5-8H,1-4H3,(H,14,16)(H,15,17). The van der Waals surface area contributed by atoms with Gasteiger partial charge in [-0.3, -0.25) is 9.59 Å². The Kier molecular flexibility index (Phi) is 3.89. The van der Waals surface area contributed by atoms with Gasteiger partial charge in [0, 0.05) is 12.7 Å². The molecule has 0 aliphatic heterocycles. The van der Waals surface area contributed by atoms with Gasteiger partial charge in [-0.25, -0.2) is 0 Å². The summed E-state index contributed by atoms with van der Waals surface area (Å²) in [5.41, 5.74) is 1.58. The van der Waals surface area contributed by atoms with Crippen LogP contribution in [-0.4, -0.2) is 18.9 Å². The van der Waals surface area contributed by atoms with Gasteiger partial charge in [-0.15, -0.1) is 0 Å². The van der Waals surface area contributed by atoms with Crippen molar-refractivity contribution in [1.29, 1.82) is 0 Å². The van der Waals surface area contributed by atoms with Crippen LogP contribution in [0.1, 0.15) is 26.3 Å². The number of likely N-dealkylation sites (N-methyl/N-ethyl adjacent to an activating group) is 1. The summed E-state index contributed by atoms with van der Waals surface area (Å²) >= 11 is 0. The minimum Gasteiger partial charge on any atom is -0.351 e. The van der Waals surface area contributed by atoms with E-state index in [1.807, 2.05) is 18.2 Å². The highest BCUT2D eigenvalue weighted by Crippen LogP contribution is 2.29. The fraction of sp³-hybridized carbons (Fsp3) is 0.385. The van der Waals surface area contributed by atoms with Crippen molar-refractivity contribution in [2.75, 3.05) is 12.4 Å². The minimum absolute atomic E-state index is 0.0907. The highest BCUT2D eigenvalue weighted by Gasteiger charge is 2.20. The van der Waals surface area contributed by atoms with Gasteiger partial charge in [-0.2, -0.15) is 0 Å². The molecule has 17 heavy (non-hydrogen) atoms. The summed E-state index contributed by atoms with van der Waals surface area (Å²) in [7, 11) is 1.43. The molecule has 0 aromatic heterocycles. The smallest absolute Gasteiger partial charge is 0.313 e. The van der Waals surface area contributed by atoms with Crippen LogP contribution >= 0.6 is 0 Å². The SMILES string of the molecule is CNC(=O)C(=O)Nc1ccccc1C(C)(C)C. The van der Waals surface area contributed by atoms with Crippen molar-refractivity contribution in [2.45, 2.75) is 26.2 Å². The number of nitrogens with one attached hydrogen (secondary N) is 2. The molecule has 0 heterocycles. The van der Waals surface area contributed by atoms with Gasteiger partial charge < -0.3 is 10.6 Å². The van der Waals surface area contributed by atoms with Gasteiger partial charge >= 0.3 is 11.8 Å². The van der Waals surface area contributed by atoms with Crippen LogP contribution in [0.3, 0.4) is 0 Å². The summed E-state index contributed by atoms with van der Waals surface area (Å²) < 4.78 is 0. The molecule has 4 heteroatoms. The van der Waals surface area contributed by atoms with E-state index in [1.165, 1.54) is 7.05 Å². The van der Waals surface area contributed by atoms with E-state index in [4.69, 9.17) is 0 Å². The second kappa shape index (κ2) is 4.99. The van der Waals surface area contributed by atoms with Gasteiger partial charge in [-0.1, -0.05) is 39.0 Å². The molecule has 2 amide bonds. The van der Waals surface area contributed by atoms with Gasteiger partial charge in [-0.05, 0) is 17.0 Å². The van der Waals surface area contributed by atoms with Gasteiger partial charge in [0.1, 0.15) is 0 Å². The summed E-state index contributed by atoms with van der Waals surface area (Å²) in [5.74, 6) is -1.29. The molecule has 2 N–H and O–H groups in total. The first kappa shape index (κ1) is 13.2. The lowest BCUT2D eigenvalue weighted by Gasteiger charge is -2.22. The zero-order valence-corrected chi connectivity index (χ0v) is 10.6. The average molecular weight is 234 g/mol. The third-order valence-corrected chi connectivity index (χ3v) is 2.42. The van der Waals surface area contributed by atoms with E-state index >= 15 is 0 Å². The molecule has 0 unspecified atom stereocenters. The second-order valence-corrected chi connectivity index (χ2v) is 4.83. The predicted octanol–water partition coefficient (Wildman–Crippen LogP) is 1.67. The Morgan fingerprint density at radius 2 is 1.65 bits per heavy atom. The molecule has 0 bridgehead atoms. The molecule has 0 aliphatic rings. The molecule has 1 aromatic rings. The van der Waals surface area contributed by atoms with Crippen molar-refractivity contribution in [1.82, 2.24) is 5.32 Å². The number of benzene rings is 1. The lowest BCUT2D eigenvalue weighted by molar-refractivity contribution is -0.135. The van der Waals surface area contributed by atoms with Crippen LogP contribution in [0.5, 0.6) is 0 Å². The molecule has 4 nitrogen and oxygen atoms in total. The zero-order valence-electron chi connectivity index (χ0n) is 10.6. The van der Waals surface area contributed by atoms with Crippen molar-refractivity contribution in [3.05, 3.63) is 29.8 Å². The van der Waals surface area contributed by atoms with Crippen LogP contribution in [0.15, 0.2) is 24.3 Å². The number of hydrogen-bond donors (Lipinski definition) is 2. The summed E-state index contributed by atoms with van der Waals surface area (Å²) in [6, 6.07) is 7.48. The monoisotopic (exact) mass is 234 g/mol. The van der Waals surface area contributed by atoms with Crippen LogP contribution in [0.25, 0.3) is 0 Å². The highest BCUT2D eigenvalue weighted by atomic mass is 16.2. The van der Waals surface area contributed by atoms with Gasteiger partial charge in [0.25, 0.3) is 0 Å². The lowest BCUT2D eigenvalue weighted by Crippen LogP contribution is -2.33. The first-order valence-electron chi connectivity index (χ1n) is 5.49. The summed E-state index contributed by atoms with van der Waals surface area (Å²) in [4.78, 5) is 22.7. The Balaban J connectivity index is 3.00. The molecule has 0 saturated carbocycles. The first-order valence-corrected chi connectivity index (χ1v) is 5.49. The molecule has 0 radical (unpaired) electrons. The van der Waals surface area contributed by atoms with E-state index in [2.05, 4.69) is 31.4 Å². The number of rotatable bonds is 1. The van der Waals surface area contributed by atoms with Crippen LogP contribution in [-0.2, 0) is 15.0 Å². The van der Waals surface area contributed by atoms with Crippen LogP contribution < -0.4 is 10.6 Å². The highest BCUT2D eigenvalue weighted by molar-refractivity contribution is 6.39. The number of hydrogen-bond acceptors (Lipinski definition) is 2. The Morgan fingerprint density at radius 3 is 2.18 bits per heavy atom. The van der Waals surface area contributed by atoms with E-state index in [1.54, 1.807) is 6.07 Å². The molecular formula is C13H18N2O2. The number of anilines is 1. The van der Waals surface area contributed by atoms with E-state index < -0.39 is 11.8 Å². The van der Waals surface area contributed by atoms with E-state index in [0.717, 1.165) is 5.56 Å². The van der Waals surface area contributed by atoms with Crippen molar-refractivity contribution >= 4 is 17.5 Å². The third-order valence-electron chi connectivity index (χ3n) is 2.42. The molecule has 92 valence electrons. The van der Waals surface area contributed by atoms with Crippen molar-refractivity contribution in [3.8, 4) is 0 Å². The molecule has 0 fully saturated rings. The van der Waals surface area contributed by atoms with Gasteiger partial charge in [0.2, 0.25) is 0 Å². The summed E-state index contributed by atoms with van der Waals surface area (Å²) in [6.07, 6.45) is 0. The Bertz CT molecular complexity index is 433. The number of amides is 2. The third kappa shape index (κ3) is 3.31. The first-order chi connectivity index (χ1) is 7.86. The normalized spacial score (nSPS) is 10.8. The molecule has 0 aliphatic carbocycles. The molecule has 0 saturated heterocycles. The van der Waals surface area contributed by atoms with Crippen molar-refractivity contribution < 1.29 is 9.59 Å². The van der Waals surface area contributed by atoms with E-state index in [9.17, 15) is 9.59 Å². The van der Waals surface area contributed by atoms with Gasteiger partial charge in [0.05, 0.1) is 0 Å². The summed E-state index contributed by atoms with van der Waals surface area (Å²) in [5, 5.41) is 4.91. The Labute approximate surface area is 101 Å².